The van der Waals surface area contributed by atoms with Gasteiger partial charge in [-0.3, -0.25) is 4.98 Å². The molecule has 2 aromatic heterocycles. The van der Waals surface area contributed by atoms with Gasteiger partial charge in [0.25, 0.3) is 0 Å². The topological polar surface area (TPSA) is 103 Å². The quantitative estimate of drug-likeness (QED) is 0.451. The zero-order valence-corrected chi connectivity index (χ0v) is 13.5. The first-order chi connectivity index (χ1) is 12.3. The number of hydrogen-bond donors (Lipinski definition) is 1. The van der Waals surface area contributed by atoms with Gasteiger partial charge < -0.3 is 10.2 Å². The summed E-state index contributed by atoms with van der Waals surface area (Å²) in [4.78, 5) is 18.6. The first-order valence-electron chi connectivity index (χ1n) is 8.07. The highest BCUT2D eigenvalue weighted by molar-refractivity contribution is 5.85. The first kappa shape index (κ1) is 15.3. The standard InChI is InChI=1S/C17H16N8/c18-24-23-14-1-2-15-12(10-14)9-13(11-21-15)16-3-4-20-17(22-16)25-7-5-19-6-8-25/h1-4,9-11,19H,5-8H2. The Hall–Kier alpha value is -3.22. The molecular weight excluding hydrogens is 316 g/mol. The predicted octanol–water partition coefficient (Wildman–Crippen LogP) is 3.04. The summed E-state index contributed by atoms with van der Waals surface area (Å²) in [6, 6.07) is 9.30. The minimum Gasteiger partial charge on any atom is -0.338 e. The highest BCUT2D eigenvalue weighted by Gasteiger charge is 2.14. The van der Waals surface area contributed by atoms with Crippen molar-refractivity contribution in [3.8, 4) is 11.3 Å². The van der Waals surface area contributed by atoms with Gasteiger partial charge in [-0.1, -0.05) is 11.2 Å². The van der Waals surface area contributed by atoms with Crippen LogP contribution in [0.4, 0.5) is 11.6 Å². The van der Waals surface area contributed by atoms with Crippen LogP contribution in [0.15, 0.2) is 47.8 Å². The third kappa shape index (κ3) is 3.21. The fraction of sp³-hybridized carbons (Fsp3) is 0.235. The van der Waals surface area contributed by atoms with E-state index in [4.69, 9.17) is 10.5 Å². The molecule has 8 heteroatoms. The molecule has 4 rings (SSSR count). The molecule has 0 atom stereocenters. The lowest BCUT2D eigenvalue weighted by Gasteiger charge is -2.27. The van der Waals surface area contributed by atoms with Crippen LogP contribution in [0.2, 0.25) is 0 Å². The van der Waals surface area contributed by atoms with Gasteiger partial charge in [-0.2, -0.15) is 0 Å². The third-order valence-electron chi connectivity index (χ3n) is 4.16. The lowest BCUT2D eigenvalue weighted by atomic mass is 10.1. The maximum Gasteiger partial charge on any atom is 0.225 e. The zero-order chi connectivity index (χ0) is 17.1. The number of nitrogens with zero attached hydrogens (tertiary/aromatic N) is 7. The largest absolute Gasteiger partial charge is 0.338 e. The fourth-order valence-electron chi connectivity index (χ4n) is 2.90. The minimum absolute atomic E-state index is 0.568. The number of benzene rings is 1. The Morgan fingerprint density at radius 3 is 2.84 bits per heavy atom. The van der Waals surface area contributed by atoms with Gasteiger partial charge in [0.1, 0.15) is 0 Å². The van der Waals surface area contributed by atoms with E-state index in [0.717, 1.165) is 54.3 Å². The molecule has 8 nitrogen and oxygen atoms in total. The third-order valence-corrected chi connectivity index (χ3v) is 4.16. The summed E-state index contributed by atoms with van der Waals surface area (Å²) in [5, 5.41) is 7.88. The summed E-state index contributed by atoms with van der Waals surface area (Å²) in [5.41, 5.74) is 11.7. The minimum atomic E-state index is 0.568. The molecule has 3 aromatic rings. The second-order valence-electron chi connectivity index (χ2n) is 5.77. The average Bonchev–Trinajstić information content (AvgIpc) is 2.68. The maximum atomic E-state index is 8.60. The van der Waals surface area contributed by atoms with E-state index in [-0.39, 0.29) is 0 Å². The van der Waals surface area contributed by atoms with E-state index in [2.05, 4.69) is 30.2 Å². The van der Waals surface area contributed by atoms with Crippen LogP contribution in [-0.2, 0) is 0 Å². The van der Waals surface area contributed by atoms with Crippen LogP contribution in [0, 0.1) is 0 Å². The Labute approximate surface area is 144 Å². The molecule has 1 aromatic carbocycles. The van der Waals surface area contributed by atoms with Gasteiger partial charge in [-0.15, -0.1) is 0 Å². The van der Waals surface area contributed by atoms with Gasteiger partial charge >= 0.3 is 0 Å². The Bertz CT molecular complexity index is 958. The predicted molar refractivity (Wildman–Crippen MR) is 96.7 cm³/mol. The van der Waals surface area contributed by atoms with Crippen LogP contribution in [0.5, 0.6) is 0 Å². The van der Waals surface area contributed by atoms with Crippen LogP contribution in [0.3, 0.4) is 0 Å². The molecule has 1 fully saturated rings. The SMILES string of the molecule is [N-]=[N+]=Nc1ccc2ncc(-c3ccnc(N4CCNCC4)n3)cc2c1. The maximum absolute atomic E-state index is 8.60. The summed E-state index contributed by atoms with van der Waals surface area (Å²) >= 11 is 0. The number of rotatable bonds is 3. The molecule has 0 aliphatic carbocycles. The number of piperazine rings is 1. The van der Waals surface area contributed by atoms with Gasteiger partial charge in [0, 0.05) is 60.1 Å². The molecule has 1 saturated heterocycles. The molecule has 0 unspecified atom stereocenters. The summed E-state index contributed by atoms with van der Waals surface area (Å²) < 4.78 is 0. The molecular formula is C17H16N8. The van der Waals surface area contributed by atoms with Gasteiger partial charge in [-0.05, 0) is 29.8 Å². The zero-order valence-electron chi connectivity index (χ0n) is 13.5. The Kier molecular flexibility index (Phi) is 4.12. The molecule has 0 spiro atoms. The second-order valence-corrected chi connectivity index (χ2v) is 5.77. The molecule has 1 N–H and O–H groups in total. The second kappa shape index (κ2) is 6.72. The van der Waals surface area contributed by atoms with Crippen LogP contribution in [0.1, 0.15) is 0 Å². The molecule has 0 saturated carbocycles. The highest BCUT2D eigenvalue weighted by Crippen LogP contribution is 2.25. The van der Waals surface area contributed by atoms with Crippen molar-refractivity contribution in [1.29, 1.82) is 0 Å². The lowest BCUT2D eigenvalue weighted by Crippen LogP contribution is -2.44. The van der Waals surface area contributed by atoms with E-state index in [1.165, 1.54) is 0 Å². The average molecular weight is 332 g/mol. The van der Waals surface area contributed by atoms with E-state index in [9.17, 15) is 0 Å². The molecule has 3 heterocycles. The van der Waals surface area contributed by atoms with Crippen LogP contribution in [-0.4, -0.2) is 41.1 Å². The fourth-order valence-corrected chi connectivity index (χ4v) is 2.90. The number of anilines is 1. The molecule has 1 aliphatic rings. The van der Waals surface area contributed by atoms with Gasteiger partial charge in [0.2, 0.25) is 5.95 Å². The lowest BCUT2D eigenvalue weighted by molar-refractivity contribution is 0.580. The van der Waals surface area contributed by atoms with Crippen molar-refractivity contribution in [1.82, 2.24) is 20.3 Å². The van der Waals surface area contributed by atoms with Crippen molar-refractivity contribution in [2.75, 3.05) is 31.1 Å². The smallest absolute Gasteiger partial charge is 0.225 e. The molecule has 124 valence electrons. The van der Waals surface area contributed by atoms with Crippen molar-refractivity contribution in [3.05, 3.63) is 53.2 Å². The van der Waals surface area contributed by atoms with Crippen LogP contribution in [0.25, 0.3) is 32.6 Å². The van der Waals surface area contributed by atoms with Gasteiger partial charge in [-0.25, -0.2) is 9.97 Å². The van der Waals surface area contributed by atoms with E-state index < -0.39 is 0 Å². The molecule has 25 heavy (non-hydrogen) atoms. The van der Waals surface area contributed by atoms with Gasteiger partial charge in [0.15, 0.2) is 0 Å². The number of pyridine rings is 1. The van der Waals surface area contributed by atoms with E-state index in [1.54, 1.807) is 18.5 Å². The van der Waals surface area contributed by atoms with E-state index >= 15 is 0 Å². The first-order valence-corrected chi connectivity index (χ1v) is 8.07. The van der Waals surface area contributed by atoms with Crippen molar-refractivity contribution < 1.29 is 0 Å². The number of nitrogens with one attached hydrogen (secondary N) is 1. The van der Waals surface area contributed by atoms with E-state index in [1.807, 2.05) is 24.3 Å². The summed E-state index contributed by atoms with van der Waals surface area (Å²) in [7, 11) is 0. The molecule has 0 radical (unpaired) electrons. The van der Waals surface area contributed by atoms with Crippen molar-refractivity contribution >= 4 is 22.5 Å². The van der Waals surface area contributed by atoms with Crippen molar-refractivity contribution in [3.63, 3.8) is 0 Å². The van der Waals surface area contributed by atoms with Crippen LogP contribution >= 0.6 is 0 Å². The van der Waals surface area contributed by atoms with E-state index in [0.29, 0.717) is 5.69 Å². The number of azide groups is 1. The monoisotopic (exact) mass is 332 g/mol. The molecule has 0 amide bonds. The highest BCUT2D eigenvalue weighted by atomic mass is 15.3. The Morgan fingerprint density at radius 1 is 1.12 bits per heavy atom. The normalized spacial score (nSPS) is 14.3. The summed E-state index contributed by atoms with van der Waals surface area (Å²) in [6.45, 7) is 3.67. The van der Waals surface area contributed by atoms with Crippen LogP contribution < -0.4 is 10.2 Å². The molecule has 1 aliphatic heterocycles. The number of hydrogen-bond acceptors (Lipinski definition) is 6. The summed E-state index contributed by atoms with van der Waals surface area (Å²) in [5.74, 6) is 0.738. The number of aromatic nitrogens is 3. The van der Waals surface area contributed by atoms with Crippen molar-refractivity contribution in [2.24, 2.45) is 5.11 Å². The molecule has 0 bridgehead atoms. The van der Waals surface area contributed by atoms with Gasteiger partial charge in [0.05, 0.1) is 11.2 Å². The Balaban J connectivity index is 1.72. The summed E-state index contributed by atoms with van der Waals surface area (Å²) in [6.07, 6.45) is 3.58. The Morgan fingerprint density at radius 2 is 2.00 bits per heavy atom. The number of fused-ring (bicyclic) bond motifs is 1. The van der Waals surface area contributed by atoms with Crippen molar-refractivity contribution in [2.45, 2.75) is 0 Å².